The van der Waals surface area contributed by atoms with Gasteiger partial charge in [0.1, 0.15) is 0 Å². The van der Waals surface area contributed by atoms with Crippen LogP contribution in [0.2, 0.25) is 0 Å². The molecule has 0 aromatic heterocycles. The van der Waals surface area contributed by atoms with Crippen LogP contribution in [-0.4, -0.2) is 29.7 Å². The Balaban J connectivity index is 2.34. The predicted molar refractivity (Wildman–Crippen MR) is 191 cm³/mol. The van der Waals surface area contributed by atoms with Gasteiger partial charge < -0.3 is 30.4 Å². The van der Waals surface area contributed by atoms with Gasteiger partial charge in [0, 0.05) is 25.7 Å². The first kappa shape index (κ1) is 42.1. The molecule has 0 fully saturated rings. The summed E-state index contributed by atoms with van der Waals surface area (Å²) in [7, 11) is 0. The molecule has 0 radical (unpaired) electrons. The van der Waals surface area contributed by atoms with E-state index < -0.39 is 41.7 Å². The number of carbonyl (C=O) groups is 5. The van der Waals surface area contributed by atoms with Crippen LogP contribution in [0, 0.1) is 0 Å². The molecule has 0 spiro atoms. The van der Waals surface area contributed by atoms with E-state index in [4.69, 9.17) is 30.4 Å². The van der Waals surface area contributed by atoms with Crippen LogP contribution in [0.4, 0.5) is 0 Å². The summed E-state index contributed by atoms with van der Waals surface area (Å²) in [6, 6.07) is 6.23. The van der Waals surface area contributed by atoms with Crippen molar-refractivity contribution in [3.63, 3.8) is 0 Å². The van der Waals surface area contributed by atoms with E-state index in [0.717, 1.165) is 51.4 Å². The smallest absolute Gasteiger partial charge is 0.311 e. The van der Waals surface area contributed by atoms with E-state index in [1.54, 1.807) is 0 Å². The minimum Gasteiger partial charge on any atom is -0.423 e. The van der Waals surface area contributed by atoms with E-state index in [1.807, 2.05) is 27.7 Å². The molecule has 0 amide bonds. The molecule has 0 bridgehead atoms. The minimum absolute atomic E-state index is 0.0213. The van der Waals surface area contributed by atoms with Crippen molar-refractivity contribution >= 4 is 29.7 Å². The van der Waals surface area contributed by atoms with Crippen molar-refractivity contribution in [2.24, 2.45) is 11.5 Å². The number of ketones is 1. The number of unbranched alkanes of at least 4 members (excludes halogenated alkanes) is 8. The first-order valence-corrected chi connectivity index (χ1v) is 18.2. The van der Waals surface area contributed by atoms with Gasteiger partial charge >= 0.3 is 23.9 Å². The normalized spacial score (nSPS) is 12.1. The standard InChI is InChI=1S/C39H56N2O9/c1-5-9-13-17-33(42)47-29-23-21-27(25-31(29)49-35(44)19-15-11-7-3)37(40)39(46)38(41)28-22-24-30(48-34(43)18-14-10-6-2)32(26-28)50-36(45)20-16-12-8-4/h21-26,37-38H,5-20,40-41H2,1-4H3. The van der Waals surface area contributed by atoms with Crippen LogP contribution in [0.5, 0.6) is 23.0 Å². The second-order valence-corrected chi connectivity index (χ2v) is 12.5. The van der Waals surface area contributed by atoms with Crippen LogP contribution in [-0.2, 0) is 24.0 Å². The molecular weight excluding hydrogens is 640 g/mol. The first-order chi connectivity index (χ1) is 24.0. The van der Waals surface area contributed by atoms with Gasteiger partial charge in [-0.25, -0.2) is 0 Å². The van der Waals surface area contributed by atoms with Gasteiger partial charge in [-0.2, -0.15) is 0 Å². The van der Waals surface area contributed by atoms with Crippen LogP contribution in [0.15, 0.2) is 36.4 Å². The van der Waals surface area contributed by atoms with E-state index in [1.165, 1.54) is 36.4 Å². The van der Waals surface area contributed by atoms with Crippen LogP contribution < -0.4 is 30.4 Å². The molecule has 0 aliphatic rings. The molecule has 276 valence electrons. The Hall–Kier alpha value is -4.09. The number of carbonyl (C=O) groups excluding carboxylic acids is 5. The number of ether oxygens (including phenoxy) is 4. The van der Waals surface area contributed by atoms with Crippen molar-refractivity contribution in [1.82, 2.24) is 0 Å². The molecule has 0 heterocycles. The van der Waals surface area contributed by atoms with Crippen molar-refractivity contribution in [1.29, 1.82) is 0 Å². The maximum Gasteiger partial charge on any atom is 0.311 e. The van der Waals surface area contributed by atoms with Crippen LogP contribution in [0.3, 0.4) is 0 Å². The number of benzene rings is 2. The average molecular weight is 697 g/mol. The third-order valence-electron chi connectivity index (χ3n) is 8.10. The summed E-state index contributed by atoms with van der Waals surface area (Å²) in [4.78, 5) is 63.9. The van der Waals surface area contributed by atoms with Crippen LogP contribution >= 0.6 is 0 Å². The molecule has 11 heteroatoms. The lowest BCUT2D eigenvalue weighted by Crippen LogP contribution is -2.31. The SMILES string of the molecule is CCCCCC(=O)Oc1ccc(C(N)C(=O)C(N)c2ccc(OC(=O)CCCCC)c(OC(=O)CCCCC)c2)cc1OC(=O)CCCCC. The summed E-state index contributed by atoms with van der Waals surface area (Å²) >= 11 is 0. The maximum absolute atomic E-state index is 13.6. The van der Waals surface area contributed by atoms with Crippen molar-refractivity contribution in [2.75, 3.05) is 0 Å². The highest BCUT2D eigenvalue weighted by atomic mass is 16.6. The fourth-order valence-electron chi connectivity index (χ4n) is 5.06. The zero-order valence-electron chi connectivity index (χ0n) is 30.3. The van der Waals surface area contributed by atoms with E-state index >= 15 is 0 Å². The molecule has 2 aromatic rings. The Morgan fingerprint density at radius 1 is 0.460 bits per heavy atom. The van der Waals surface area contributed by atoms with Gasteiger partial charge in [-0.3, -0.25) is 24.0 Å². The van der Waals surface area contributed by atoms with Crippen molar-refractivity contribution in [3.8, 4) is 23.0 Å². The molecule has 2 rings (SSSR count). The number of Topliss-reactive ketones (excluding diaryl/α,β-unsaturated/α-hetero) is 1. The number of hydrogen-bond acceptors (Lipinski definition) is 11. The van der Waals surface area contributed by atoms with Gasteiger partial charge in [0.05, 0.1) is 12.1 Å². The highest BCUT2D eigenvalue weighted by molar-refractivity contribution is 5.91. The van der Waals surface area contributed by atoms with E-state index in [9.17, 15) is 24.0 Å². The highest BCUT2D eigenvalue weighted by Crippen LogP contribution is 2.35. The number of hydrogen-bond donors (Lipinski definition) is 2. The van der Waals surface area contributed by atoms with Crippen molar-refractivity contribution < 1.29 is 42.9 Å². The Bertz CT molecular complexity index is 1300. The maximum atomic E-state index is 13.6. The summed E-state index contributed by atoms with van der Waals surface area (Å²) in [6.07, 6.45) is 10.6. The topological polar surface area (TPSA) is 174 Å². The molecule has 2 unspecified atom stereocenters. The predicted octanol–water partition coefficient (Wildman–Crippen LogP) is 7.90. The molecule has 0 aliphatic carbocycles. The van der Waals surface area contributed by atoms with Gasteiger partial charge in [-0.1, -0.05) is 91.2 Å². The van der Waals surface area contributed by atoms with Crippen molar-refractivity contribution in [2.45, 2.75) is 143 Å². The molecule has 0 saturated heterocycles. The summed E-state index contributed by atoms with van der Waals surface area (Å²) in [6.45, 7) is 8.10. The zero-order valence-corrected chi connectivity index (χ0v) is 30.3. The Morgan fingerprint density at radius 3 is 1.02 bits per heavy atom. The summed E-state index contributed by atoms with van der Waals surface area (Å²) in [5.41, 5.74) is 13.4. The van der Waals surface area contributed by atoms with Gasteiger partial charge in [-0.15, -0.1) is 0 Å². The number of rotatable bonds is 24. The molecule has 4 N–H and O–H groups in total. The second-order valence-electron chi connectivity index (χ2n) is 12.5. The summed E-state index contributed by atoms with van der Waals surface area (Å²) in [5.74, 6) is -2.46. The largest absolute Gasteiger partial charge is 0.423 e. The molecule has 11 nitrogen and oxygen atoms in total. The second kappa shape index (κ2) is 23.3. The lowest BCUT2D eigenvalue weighted by atomic mass is 9.94. The molecule has 50 heavy (non-hydrogen) atoms. The van der Waals surface area contributed by atoms with Crippen molar-refractivity contribution in [3.05, 3.63) is 47.5 Å². The molecule has 2 atom stereocenters. The Labute approximate surface area is 296 Å². The molecule has 0 aliphatic heterocycles. The van der Waals surface area contributed by atoms with Crippen LogP contribution in [0.25, 0.3) is 0 Å². The van der Waals surface area contributed by atoms with E-state index in [0.29, 0.717) is 25.7 Å². The summed E-state index contributed by atoms with van der Waals surface area (Å²) in [5, 5.41) is 0. The molecular formula is C39H56N2O9. The number of esters is 4. The minimum atomic E-state index is -1.26. The lowest BCUT2D eigenvalue weighted by Gasteiger charge is -2.20. The van der Waals surface area contributed by atoms with Gasteiger partial charge in [0.15, 0.2) is 28.8 Å². The third kappa shape index (κ3) is 14.8. The van der Waals surface area contributed by atoms with Crippen LogP contribution in [0.1, 0.15) is 154 Å². The average Bonchev–Trinajstić information content (AvgIpc) is 3.09. The monoisotopic (exact) mass is 696 g/mol. The Kier molecular flexibility index (Phi) is 19.6. The van der Waals surface area contributed by atoms with E-state index in [-0.39, 0.29) is 59.8 Å². The molecule has 2 aromatic carbocycles. The quantitative estimate of drug-likeness (QED) is 0.0620. The Morgan fingerprint density at radius 2 is 0.740 bits per heavy atom. The highest BCUT2D eigenvalue weighted by Gasteiger charge is 2.27. The van der Waals surface area contributed by atoms with Gasteiger partial charge in [-0.05, 0) is 61.1 Å². The fraction of sp³-hybridized carbons (Fsp3) is 0.564. The zero-order chi connectivity index (χ0) is 36.9. The number of nitrogens with two attached hydrogens (primary N) is 2. The first-order valence-electron chi connectivity index (χ1n) is 18.2. The molecule has 0 saturated carbocycles. The lowest BCUT2D eigenvalue weighted by molar-refractivity contribution is -0.137. The van der Waals surface area contributed by atoms with E-state index in [2.05, 4.69) is 0 Å². The summed E-state index contributed by atoms with van der Waals surface area (Å²) < 4.78 is 22.2. The fourth-order valence-corrected chi connectivity index (χ4v) is 5.06. The van der Waals surface area contributed by atoms with Gasteiger partial charge in [0.25, 0.3) is 0 Å². The third-order valence-corrected chi connectivity index (χ3v) is 8.10. The van der Waals surface area contributed by atoms with Gasteiger partial charge in [0.2, 0.25) is 0 Å².